The van der Waals surface area contributed by atoms with Crippen LogP contribution in [0.5, 0.6) is 11.5 Å². The van der Waals surface area contributed by atoms with Crippen molar-refractivity contribution in [1.29, 1.82) is 0 Å². The summed E-state index contributed by atoms with van der Waals surface area (Å²) < 4.78 is 10.9. The molecule has 0 atom stereocenters. The summed E-state index contributed by atoms with van der Waals surface area (Å²) in [6.07, 6.45) is 4.23. The van der Waals surface area contributed by atoms with Crippen molar-refractivity contribution in [3.05, 3.63) is 53.1 Å². The average molecular weight is 408 g/mol. The van der Waals surface area contributed by atoms with E-state index in [9.17, 15) is 9.59 Å². The van der Waals surface area contributed by atoms with Crippen LogP contribution in [0.4, 0.5) is 5.69 Å². The standard InChI is InChI=1S/C24H28N2O4/c1-16-10-11-17(14-21(16)30-3)25-23(28)24(12-5-4-6-13-24)26-15-19-18(22(26)27)8-7-9-20(19)29-2/h7-11,14H,4-6,12-13,15H2,1-3H3,(H,25,28). The van der Waals surface area contributed by atoms with Crippen LogP contribution in [0.2, 0.25) is 0 Å². The third-order valence-electron chi connectivity index (χ3n) is 6.43. The van der Waals surface area contributed by atoms with E-state index in [0.29, 0.717) is 36.4 Å². The van der Waals surface area contributed by atoms with E-state index in [4.69, 9.17) is 9.47 Å². The van der Waals surface area contributed by atoms with E-state index in [1.165, 1.54) is 0 Å². The second kappa shape index (κ2) is 8.01. The summed E-state index contributed by atoms with van der Waals surface area (Å²) in [5.74, 6) is 1.19. The number of ether oxygens (including phenoxy) is 2. The van der Waals surface area contributed by atoms with Crippen molar-refractivity contribution >= 4 is 17.5 Å². The second-order valence-corrected chi connectivity index (χ2v) is 8.11. The molecule has 0 bridgehead atoms. The predicted octanol–water partition coefficient (Wildman–Crippen LogP) is 4.31. The van der Waals surface area contributed by atoms with E-state index in [2.05, 4.69) is 5.32 Å². The predicted molar refractivity (Wildman–Crippen MR) is 115 cm³/mol. The van der Waals surface area contributed by atoms with E-state index < -0.39 is 5.54 Å². The molecule has 30 heavy (non-hydrogen) atoms. The van der Waals surface area contributed by atoms with Gasteiger partial charge in [0.05, 0.1) is 20.8 Å². The summed E-state index contributed by atoms with van der Waals surface area (Å²) in [4.78, 5) is 28.7. The number of aryl methyl sites for hydroxylation is 1. The summed E-state index contributed by atoms with van der Waals surface area (Å²) in [5.41, 5.74) is 2.30. The number of amides is 2. The number of anilines is 1. The number of benzene rings is 2. The largest absolute Gasteiger partial charge is 0.496 e. The van der Waals surface area contributed by atoms with E-state index in [1.54, 1.807) is 19.1 Å². The van der Waals surface area contributed by atoms with Crippen LogP contribution in [0.25, 0.3) is 0 Å². The highest BCUT2D eigenvalue weighted by molar-refractivity contribution is 6.06. The minimum atomic E-state index is -0.864. The van der Waals surface area contributed by atoms with Crippen molar-refractivity contribution in [2.75, 3.05) is 19.5 Å². The van der Waals surface area contributed by atoms with Crippen LogP contribution < -0.4 is 14.8 Å². The normalized spacial score (nSPS) is 17.4. The van der Waals surface area contributed by atoms with Crippen LogP contribution in [0.3, 0.4) is 0 Å². The van der Waals surface area contributed by atoms with Gasteiger partial charge < -0.3 is 19.7 Å². The number of hydrogen-bond donors (Lipinski definition) is 1. The highest BCUT2D eigenvalue weighted by atomic mass is 16.5. The molecule has 2 aliphatic rings. The number of carbonyl (C=O) groups is 2. The maximum atomic E-state index is 13.6. The Morgan fingerprint density at radius 3 is 2.47 bits per heavy atom. The number of nitrogens with zero attached hydrogens (tertiary/aromatic N) is 1. The molecule has 0 spiro atoms. The number of rotatable bonds is 5. The monoisotopic (exact) mass is 408 g/mol. The van der Waals surface area contributed by atoms with Gasteiger partial charge in [-0.2, -0.15) is 0 Å². The van der Waals surface area contributed by atoms with Crippen molar-refractivity contribution in [2.24, 2.45) is 0 Å². The van der Waals surface area contributed by atoms with Crippen molar-refractivity contribution in [2.45, 2.75) is 51.1 Å². The molecule has 2 aromatic carbocycles. The van der Waals surface area contributed by atoms with Crippen LogP contribution in [0.1, 0.15) is 53.6 Å². The van der Waals surface area contributed by atoms with Gasteiger partial charge in [-0.05, 0) is 43.5 Å². The molecule has 1 saturated carbocycles. The topological polar surface area (TPSA) is 67.9 Å². The van der Waals surface area contributed by atoms with Crippen LogP contribution in [0, 0.1) is 6.92 Å². The molecule has 6 heteroatoms. The first-order chi connectivity index (χ1) is 14.5. The third-order valence-corrected chi connectivity index (χ3v) is 6.43. The van der Waals surface area contributed by atoms with Crippen LogP contribution in [-0.2, 0) is 11.3 Å². The lowest BCUT2D eigenvalue weighted by Crippen LogP contribution is -2.58. The third kappa shape index (κ3) is 3.30. The quantitative estimate of drug-likeness (QED) is 0.801. The van der Waals surface area contributed by atoms with Crippen LogP contribution in [-0.4, -0.2) is 36.5 Å². The van der Waals surface area contributed by atoms with E-state index in [0.717, 1.165) is 36.1 Å². The molecule has 2 aromatic rings. The highest BCUT2D eigenvalue weighted by Gasteiger charge is 2.50. The molecule has 1 N–H and O–H groups in total. The van der Waals surface area contributed by atoms with Gasteiger partial charge >= 0.3 is 0 Å². The van der Waals surface area contributed by atoms with Gasteiger partial charge in [-0.15, -0.1) is 0 Å². The lowest BCUT2D eigenvalue weighted by molar-refractivity contribution is -0.129. The fourth-order valence-electron chi connectivity index (χ4n) is 4.74. The Balaban J connectivity index is 1.67. The summed E-state index contributed by atoms with van der Waals surface area (Å²) in [5, 5.41) is 3.06. The molecule has 0 saturated heterocycles. The summed E-state index contributed by atoms with van der Waals surface area (Å²) in [7, 11) is 3.22. The number of fused-ring (bicyclic) bond motifs is 1. The first-order valence-electron chi connectivity index (χ1n) is 10.4. The lowest BCUT2D eigenvalue weighted by atomic mass is 9.79. The Morgan fingerprint density at radius 2 is 1.77 bits per heavy atom. The van der Waals surface area contributed by atoms with E-state index in [-0.39, 0.29) is 11.8 Å². The Kier molecular flexibility index (Phi) is 5.41. The van der Waals surface area contributed by atoms with Crippen LogP contribution in [0.15, 0.2) is 36.4 Å². The molecule has 1 aliphatic carbocycles. The van der Waals surface area contributed by atoms with Crippen molar-refractivity contribution in [3.63, 3.8) is 0 Å². The summed E-state index contributed by atoms with van der Waals surface area (Å²) in [6.45, 7) is 2.35. The molecule has 0 radical (unpaired) electrons. The van der Waals surface area contributed by atoms with Gasteiger partial charge in [-0.3, -0.25) is 9.59 Å². The molecule has 1 heterocycles. The second-order valence-electron chi connectivity index (χ2n) is 8.11. The molecule has 0 aromatic heterocycles. The van der Waals surface area contributed by atoms with E-state index in [1.807, 2.05) is 43.3 Å². The number of methoxy groups -OCH3 is 2. The molecule has 158 valence electrons. The zero-order valence-electron chi connectivity index (χ0n) is 17.8. The Hall–Kier alpha value is -3.02. The number of nitrogens with one attached hydrogen (secondary N) is 1. The molecular formula is C24H28N2O4. The zero-order valence-corrected chi connectivity index (χ0v) is 17.8. The fraction of sp³-hybridized carbons (Fsp3) is 0.417. The van der Waals surface area contributed by atoms with Gasteiger partial charge in [0.25, 0.3) is 5.91 Å². The maximum absolute atomic E-state index is 13.6. The molecule has 2 amide bonds. The van der Waals surface area contributed by atoms with Crippen LogP contribution >= 0.6 is 0 Å². The SMILES string of the molecule is COc1cc(NC(=O)C2(N3Cc4c(OC)cccc4C3=O)CCCCC2)ccc1C. The molecule has 1 aliphatic heterocycles. The van der Waals surface area contributed by atoms with Gasteiger partial charge in [0, 0.05) is 22.9 Å². The maximum Gasteiger partial charge on any atom is 0.255 e. The first kappa shape index (κ1) is 20.3. The fourth-order valence-corrected chi connectivity index (χ4v) is 4.74. The average Bonchev–Trinajstić information content (AvgIpc) is 3.12. The van der Waals surface area contributed by atoms with Crippen molar-refractivity contribution < 1.29 is 19.1 Å². The Morgan fingerprint density at radius 1 is 1.03 bits per heavy atom. The number of hydrogen-bond acceptors (Lipinski definition) is 4. The minimum absolute atomic E-state index is 0.0950. The molecule has 1 fully saturated rings. The smallest absolute Gasteiger partial charge is 0.255 e. The highest BCUT2D eigenvalue weighted by Crippen LogP contribution is 2.42. The molecular weight excluding hydrogens is 380 g/mol. The Labute approximate surface area is 177 Å². The van der Waals surface area contributed by atoms with Gasteiger partial charge in [0.1, 0.15) is 17.0 Å². The first-order valence-corrected chi connectivity index (χ1v) is 10.4. The summed E-state index contributed by atoms with van der Waals surface area (Å²) in [6, 6.07) is 11.1. The van der Waals surface area contributed by atoms with Gasteiger partial charge in [-0.25, -0.2) is 0 Å². The summed E-state index contributed by atoms with van der Waals surface area (Å²) >= 11 is 0. The zero-order chi connectivity index (χ0) is 21.3. The molecule has 6 nitrogen and oxygen atoms in total. The van der Waals surface area contributed by atoms with Gasteiger partial charge in [0.2, 0.25) is 5.91 Å². The molecule has 0 unspecified atom stereocenters. The van der Waals surface area contributed by atoms with Gasteiger partial charge in [-0.1, -0.05) is 31.4 Å². The van der Waals surface area contributed by atoms with Gasteiger partial charge in [0.15, 0.2) is 0 Å². The number of carbonyl (C=O) groups excluding carboxylic acids is 2. The van der Waals surface area contributed by atoms with E-state index >= 15 is 0 Å². The minimum Gasteiger partial charge on any atom is -0.496 e. The Bertz CT molecular complexity index is 979. The lowest BCUT2D eigenvalue weighted by Gasteiger charge is -2.43. The van der Waals surface area contributed by atoms with Crippen molar-refractivity contribution in [1.82, 2.24) is 4.90 Å². The van der Waals surface area contributed by atoms with Crippen molar-refractivity contribution in [3.8, 4) is 11.5 Å². The molecule has 4 rings (SSSR count).